The van der Waals surface area contributed by atoms with E-state index in [1.807, 2.05) is 6.07 Å². The normalized spacial score (nSPS) is 14.2. The molecule has 4 rings (SSSR count). The molecule has 0 atom stereocenters. The van der Waals surface area contributed by atoms with Gasteiger partial charge in [-0.1, -0.05) is 17.7 Å². The van der Waals surface area contributed by atoms with Gasteiger partial charge >= 0.3 is 0 Å². The van der Waals surface area contributed by atoms with Gasteiger partial charge in [-0.05, 0) is 36.5 Å². The van der Waals surface area contributed by atoms with E-state index in [1.54, 1.807) is 36.9 Å². The van der Waals surface area contributed by atoms with Gasteiger partial charge in [0.15, 0.2) is 0 Å². The second-order valence-corrected chi connectivity index (χ2v) is 7.77. The molecular weight excluding hydrogens is 416 g/mol. The molecule has 0 radical (unpaired) electrons. The maximum atomic E-state index is 12.3. The molecule has 1 aliphatic heterocycles. The van der Waals surface area contributed by atoms with Gasteiger partial charge in [0.2, 0.25) is 5.91 Å². The zero-order valence-electron chi connectivity index (χ0n) is 16.9. The highest BCUT2D eigenvalue weighted by Crippen LogP contribution is 2.28. The van der Waals surface area contributed by atoms with E-state index in [0.29, 0.717) is 33.8 Å². The quantitative estimate of drug-likeness (QED) is 0.580. The first-order valence-corrected chi connectivity index (χ1v) is 10.5. The monoisotopic (exact) mass is 438 g/mol. The van der Waals surface area contributed by atoms with Crippen LogP contribution in [0.3, 0.4) is 0 Å². The molecule has 1 amide bonds. The number of anilines is 2. The molecule has 1 aliphatic rings. The Labute approximate surface area is 185 Å². The number of ether oxygens (including phenoxy) is 1. The third-order valence-electron chi connectivity index (χ3n) is 5.03. The van der Waals surface area contributed by atoms with Gasteiger partial charge in [-0.2, -0.15) is 0 Å². The topological polar surface area (TPSA) is 102 Å². The van der Waals surface area contributed by atoms with Crippen LogP contribution >= 0.6 is 11.6 Å². The van der Waals surface area contributed by atoms with Gasteiger partial charge in [0, 0.05) is 43.9 Å². The summed E-state index contributed by atoms with van der Waals surface area (Å²) in [4.78, 5) is 29.5. The maximum Gasteiger partial charge on any atom is 0.230 e. The van der Waals surface area contributed by atoms with Gasteiger partial charge in [-0.15, -0.1) is 0 Å². The SMILES string of the molecule is O=C(Cc1cccnc1)Nc1cc(-c2cncc(NCC3CCOCC3)n2)c(Cl)cn1. The molecule has 3 aromatic rings. The van der Waals surface area contributed by atoms with E-state index in [0.717, 1.165) is 38.2 Å². The summed E-state index contributed by atoms with van der Waals surface area (Å²) in [5, 5.41) is 6.58. The average molecular weight is 439 g/mol. The minimum absolute atomic E-state index is 0.188. The third kappa shape index (κ3) is 5.96. The number of pyridine rings is 2. The van der Waals surface area contributed by atoms with Gasteiger partial charge in [0.05, 0.1) is 29.5 Å². The highest BCUT2D eigenvalue weighted by Gasteiger charge is 2.15. The molecular formula is C22H23ClN6O2. The van der Waals surface area contributed by atoms with E-state index in [9.17, 15) is 4.79 Å². The summed E-state index contributed by atoms with van der Waals surface area (Å²) >= 11 is 6.36. The summed E-state index contributed by atoms with van der Waals surface area (Å²) in [6.45, 7) is 2.43. The Kier molecular flexibility index (Phi) is 7.01. The van der Waals surface area contributed by atoms with Crippen molar-refractivity contribution in [3.63, 3.8) is 0 Å². The van der Waals surface area contributed by atoms with Crippen LogP contribution in [0.5, 0.6) is 0 Å². The van der Waals surface area contributed by atoms with Crippen LogP contribution in [0.4, 0.5) is 11.6 Å². The summed E-state index contributed by atoms with van der Waals surface area (Å²) in [5.41, 5.74) is 2.08. The highest BCUT2D eigenvalue weighted by molar-refractivity contribution is 6.33. The molecule has 1 saturated heterocycles. The van der Waals surface area contributed by atoms with Crippen molar-refractivity contribution in [1.82, 2.24) is 19.9 Å². The van der Waals surface area contributed by atoms with Crippen LogP contribution in [0.25, 0.3) is 11.3 Å². The highest BCUT2D eigenvalue weighted by atomic mass is 35.5. The van der Waals surface area contributed by atoms with E-state index in [2.05, 4.69) is 30.6 Å². The number of amides is 1. The smallest absolute Gasteiger partial charge is 0.230 e. The predicted octanol–water partition coefficient (Wildman–Crippen LogP) is 3.61. The number of rotatable bonds is 7. The van der Waals surface area contributed by atoms with E-state index in [1.165, 1.54) is 6.20 Å². The van der Waals surface area contributed by atoms with Crippen LogP contribution < -0.4 is 10.6 Å². The largest absolute Gasteiger partial charge is 0.381 e. The van der Waals surface area contributed by atoms with Gasteiger partial charge in [-0.25, -0.2) is 9.97 Å². The number of carbonyl (C=O) groups excluding carboxylic acids is 1. The maximum absolute atomic E-state index is 12.3. The zero-order chi connectivity index (χ0) is 21.5. The van der Waals surface area contributed by atoms with Crippen molar-refractivity contribution in [3.8, 4) is 11.3 Å². The van der Waals surface area contributed by atoms with E-state index in [4.69, 9.17) is 16.3 Å². The molecule has 0 spiro atoms. The molecule has 1 fully saturated rings. The molecule has 0 bridgehead atoms. The summed E-state index contributed by atoms with van der Waals surface area (Å²) < 4.78 is 5.40. The van der Waals surface area contributed by atoms with Crippen molar-refractivity contribution in [2.24, 2.45) is 5.92 Å². The number of aromatic nitrogens is 4. The standard InChI is InChI=1S/C22H23ClN6O2/c23-18-12-27-20(29-22(30)8-16-2-1-5-24-10-16)9-17(18)19-13-25-14-21(28-19)26-11-15-3-6-31-7-4-15/h1-2,5,9-10,12-15H,3-4,6-8,11H2,(H,26,28)(H,27,29,30). The lowest BCUT2D eigenvalue weighted by atomic mass is 10.0. The summed E-state index contributed by atoms with van der Waals surface area (Å²) in [5.74, 6) is 1.45. The number of nitrogens with zero attached hydrogens (tertiary/aromatic N) is 4. The second-order valence-electron chi connectivity index (χ2n) is 7.36. The number of halogens is 1. The van der Waals surface area contributed by atoms with Crippen molar-refractivity contribution in [2.75, 3.05) is 30.4 Å². The van der Waals surface area contributed by atoms with Crippen LogP contribution in [0.2, 0.25) is 5.02 Å². The van der Waals surface area contributed by atoms with Gasteiger partial charge < -0.3 is 15.4 Å². The minimum atomic E-state index is -0.188. The number of carbonyl (C=O) groups is 1. The van der Waals surface area contributed by atoms with Gasteiger partial charge in [0.25, 0.3) is 0 Å². The van der Waals surface area contributed by atoms with Gasteiger partial charge in [-0.3, -0.25) is 14.8 Å². The van der Waals surface area contributed by atoms with Crippen LogP contribution in [0.15, 0.2) is 49.2 Å². The molecule has 2 N–H and O–H groups in total. The molecule has 31 heavy (non-hydrogen) atoms. The molecule has 9 heteroatoms. The lowest BCUT2D eigenvalue weighted by Gasteiger charge is -2.22. The predicted molar refractivity (Wildman–Crippen MR) is 119 cm³/mol. The summed E-state index contributed by atoms with van der Waals surface area (Å²) in [6, 6.07) is 5.35. The van der Waals surface area contributed by atoms with E-state index in [-0.39, 0.29) is 12.3 Å². The average Bonchev–Trinajstić information content (AvgIpc) is 2.80. The Bertz CT molecular complexity index is 1030. The van der Waals surface area contributed by atoms with Crippen LogP contribution in [-0.2, 0) is 16.0 Å². The Morgan fingerprint density at radius 2 is 2.00 bits per heavy atom. The fourth-order valence-corrected chi connectivity index (χ4v) is 3.56. The van der Waals surface area contributed by atoms with E-state index < -0.39 is 0 Å². The van der Waals surface area contributed by atoms with Crippen molar-refractivity contribution in [2.45, 2.75) is 19.3 Å². The third-order valence-corrected chi connectivity index (χ3v) is 5.33. The van der Waals surface area contributed by atoms with Gasteiger partial charge in [0.1, 0.15) is 11.6 Å². The van der Waals surface area contributed by atoms with E-state index >= 15 is 0 Å². The number of hydrogen-bond donors (Lipinski definition) is 2. The molecule has 0 aliphatic carbocycles. The number of hydrogen-bond acceptors (Lipinski definition) is 7. The molecule has 0 aromatic carbocycles. The first-order valence-electron chi connectivity index (χ1n) is 10.2. The molecule has 0 saturated carbocycles. The van der Waals surface area contributed by atoms with Crippen molar-refractivity contribution < 1.29 is 9.53 Å². The Hall–Kier alpha value is -3.10. The lowest BCUT2D eigenvalue weighted by molar-refractivity contribution is -0.115. The lowest BCUT2D eigenvalue weighted by Crippen LogP contribution is -2.23. The Morgan fingerprint density at radius 3 is 2.81 bits per heavy atom. The number of nitrogens with one attached hydrogen (secondary N) is 2. The molecule has 3 aromatic heterocycles. The van der Waals surface area contributed by atoms with Crippen LogP contribution in [0.1, 0.15) is 18.4 Å². The molecule has 8 nitrogen and oxygen atoms in total. The first kappa shape index (κ1) is 21.1. The molecule has 0 unspecified atom stereocenters. The van der Waals surface area contributed by atoms with Crippen LogP contribution in [-0.4, -0.2) is 45.6 Å². The second kappa shape index (κ2) is 10.3. The molecule has 4 heterocycles. The Morgan fingerprint density at radius 1 is 1.13 bits per heavy atom. The summed E-state index contributed by atoms with van der Waals surface area (Å²) in [7, 11) is 0. The minimum Gasteiger partial charge on any atom is -0.381 e. The Balaban J connectivity index is 1.44. The van der Waals surface area contributed by atoms with Crippen LogP contribution in [0, 0.1) is 5.92 Å². The first-order chi connectivity index (χ1) is 15.2. The summed E-state index contributed by atoms with van der Waals surface area (Å²) in [6.07, 6.45) is 10.4. The molecule has 160 valence electrons. The fraction of sp³-hybridized carbons (Fsp3) is 0.318. The van der Waals surface area contributed by atoms with Crippen molar-refractivity contribution in [3.05, 3.63) is 59.8 Å². The van der Waals surface area contributed by atoms with Crippen molar-refractivity contribution in [1.29, 1.82) is 0 Å². The fourth-order valence-electron chi connectivity index (χ4n) is 3.36. The zero-order valence-corrected chi connectivity index (χ0v) is 17.7. The van der Waals surface area contributed by atoms with Crippen molar-refractivity contribution >= 4 is 29.1 Å².